The molecule has 5 heteroatoms. The number of nitrogens with zero attached hydrogens (tertiary/aromatic N) is 1. The predicted octanol–water partition coefficient (Wildman–Crippen LogP) is -0.171. The van der Waals surface area contributed by atoms with Gasteiger partial charge in [0.15, 0.2) is 0 Å². The number of amides is 1. The Morgan fingerprint density at radius 1 is 1.53 bits per heavy atom. The summed E-state index contributed by atoms with van der Waals surface area (Å²) in [6.07, 6.45) is 0. The van der Waals surface area contributed by atoms with Gasteiger partial charge in [-0.3, -0.25) is 9.59 Å². The highest BCUT2D eigenvalue weighted by Crippen LogP contribution is 1.98. The van der Waals surface area contributed by atoms with Crippen LogP contribution in [-0.2, 0) is 0 Å². The van der Waals surface area contributed by atoms with Gasteiger partial charge in [-0.1, -0.05) is 6.07 Å². The van der Waals surface area contributed by atoms with Crippen LogP contribution in [0.1, 0.15) is 17.4 Å². The van der Waals surface area contributed by atoms with E-state index >= 15 is 0 Å². The molecular weight excluding hydrogens is 196 g/mol. The maximum atomic E-state index is 11.8. The number of hydrogen-bond donors (Lipinski definition) is 2. The number of aliphatic hydroxyl groups is 1. The quantitative estimate of drug-likeness (QED) is 0.724. The fourth-order valence-electron chi connectivity index (χ4n) is 1.27. The molecule has 0 bridgehead atoms. The van der Waals surface area contributed by atoms with Gasteiger partial charge in [-0.15, -0.1) is 0 Å². The topological polar surface area (TPSA) is 73.4 Å². The summed E-state index contributed by atoms with van der Waals surface area (Å²) in [5.41, 5.74) is -0.0568. The maximum absolute atomic E-state index is 11.8. The van der Waals surface area contributed by atoms with E-state index in [1.807, 2.05) is 6.92 Å². The molecule has 1 aromatic heterocycles. The molecular formula is C10H14N2O3. The molecule has 0 fully saturated rings. The summed E-state index contributed by atoms with van der Waals surface area (Å²) in [6.45, 7) is 2.49. The van der Waals surface area contributed by atoms with E-state index in [9.17, 15) is 9.59 Å². The molecule has 0 unspecified atom stereocenters. The number of aromatic nitrogens is 1. The number of carbonyl (C=O) groups excluding carboxylic acids is 1. The standard InChI is InChI=1S/C10H14N2O3/c1-2-12(6-7-13)10(15)8-4-3-5-9(14)11-8/h3-5,13H,2,6-7H2,1H3,(H,11,14). The number of pyridine rings is 1. The Kier molecular flexibility index (Phi) is 4.05. The van der Waals surface area contributed by atoms with Crippen LogP contribution >= 0.6 is 0 Å². The molecule has 1 aromatic rings. The first kappa shape index (κ1) is 11.5. The summed E-state index contributed by atoms with van der Waals surface area (Å²) in [5.74, 6) is -0.274. The second-order valence-corrected chi connectivity index (χ2v) is 3.04. The van der Waals surface area contributed by atoms with Crippen molar-refractivity contribution in [1.29, 1.82) is 0 Å². The van der Waals surface area contributed by atoms with E-state index in [1.165, 1.54) is 17.0 Å². The van der Waals surface area contributed by atoms with Crippen LogP contribution in [0.2, 0.25) is 0 Å². The number of aliphatic hydroxyl groups excluding tert-OH is 1. The molecule has 0 saturated heterocycles. The fourth-order valence-corrected chi connectivity index (χ4v) is 1.27. The van der Waals surface area contributed by atoms with E-state index in [-0.39, 0.29) is 30.3 Å². The van der Waals surface area contributed by atoms with Crippen molar-refractivity contribution in [2.75, 3.05) is 19.7 Å². The molecule has 5 nitrogen and oxygen atoms in total. The van der Waals surface area contributed by atoms with Gasteiger partial charge in [0.05, 0.1) is 6.61 Å². The first-order valence-corrected chi connectivity index (χ1v) is 4.78. The van der Waals surface area contributed by atoms with E-state index in [0.717, 1.165) is 0 Å². The van der Waals surface area contributed by atoms with Crippen LogP contribution in [0.5, 0.6) is 0 Å². The molecule has 0 saturated carbocycles. The van der Waals surface area contributed by atoms with Crippen LogP contribution in [0.3, 0.4) is 0 Å². The van der Waals surface area contributed by atoms with Gasteiger partial charge in [0.25, 0.3) is 5.91 Å². The largest absolute Gasteiger partial charge is 0.395 e. The molecule has 0 aliphatic carbocycles. The van der Waals surface area contributed by atoms with Gasteiger partial charge in [0.1, 0.15) is 5.69 Å². The fraction of sp³-hybridized carbons (Fsp3) is 0.400. The predicted molar refractivity (Wildman–Crippen MR) is 55.7 cm³/mol. The monoisotopic (exact) mass is 210 g/mol. The molecule has 0 atom stereocenters. The Balaban J connectivity index is 2.87. The number of nitrogens with one attached hydrogen (secondary N) is 1. The highest BCUT2D eigenvalue weighted by molar-refractivity contribution is 5.92. The van der Waals surface area contributed by atoms with Crippen LogP contribution in [-0.4, -0.2) is 40.6 Å². The lowest BCUT2D eigenvalue weighted by molar-refractivity contribution is 0.0726. The van der Waals surface area contributed by atoms with Gasteiger partial charge in [0, 0.05) is 19.2 Å². The second-order valence-electron chi connectivity index (χ2n) is 3.04. The first-order valence-electron chi connectivity index (χ1n) is 4.78. The Morgan fingerprint density at radius 3 is 2.80 bits per heavy atom. The minimum Gasteiger partial charge on any atom is -0.395 e. The van der Waals surface area contributed by atoms with Gasteiger partial charge in [-0.25, -0.2) is 0 Å². The SMILES string of the molecule is CCN(CCO)C(=O)c1cccc(=O)[nH]1. The summed E-state index contributed by atoms with van der Waals surface area (Å²) < 4.78 is 0. The zero-order valence-electron chi connectivity index (χ0n) is 8.56. The molecule has 0 aliphatic rings. The zero-order chi connectivity index (χ0) is 11.3. The van der Waals surface area contributed by atoms with Crippen LogP contribution < -0.4 is 5.56 Å². The van der Waals surface area contributed by atoms with Crippen molar-refractivity contribution in [3.05, 3.63) is 34.2 Å². The summed E-state index contributed by atoms with van der Waals surface area (Å²) >= 11 is 0. The Hall–Kier alpha value is -1.62. The average molecular weight is 210 g/mol. The summed E-state index contributed by atoms with van der Waals surface area (Å²) in [7, 11) is 0. The van der Waals surface area contributed by atoms with Crippen LogP contribution in [0, 0.1) is 0 Å². The van der Waals surface area contributed by atoms with Gasteiger partial charge >= 0.3 is 0 Å². The number of carbonyl (C=O) groups is 1. The Labute approximate surface area is 87.4 Å². The molecule has 0 aliphatic heterocycles. The molecule has 2 N–H and O–H groups in total. The van der Waals surface area contributed by atoms with Gasteiger partial charge < -0.3 is 15.0 Å². The minimum absolute atomic E-state index is 0.0867. The van der Waals surface area contributed by atoms with Crippen molar-refractivity contribution in [3.63, 3.8) is 0 Å². The number of rotatable bonds is 4. The van der Waals surface area contributed by atoms with Crippen molar-refractivity contribution in [3.8, 4) is 0 Å². The second kappa shape index (κ2) is 5.31. The summed E-state index contributed by atoms with van der Waals surface area (Å²) in [5, 5.41) is 8.75. The third kappa shape index (κ3) is 2.92. The zero-order valence-corrected chi connectivity index (χ0v) is 8.56. The van der Waals surface area contributed by atoms with E-state index in [0.29, 0.717) is 6.54 Å². The summed E-state index contributed by atoms with van der Waals surface area (Å²) in [4.78, 5) is 26.7. The lowest BCUT2D eigenvalue weighted by Gasteiger charge is -2.19. The number of aromatic amines is 1. The van der Waals surface area contributed by atoms with Crippen molar-refractivity contribution in [1.82, 2.24) is 9.88 Å². The van der Waals surface area contributed by atoms with E-state index < -0.39 is 0 Å². The normalized spacial score (nSPS) is 10.0. The van der Waals surface area contributed by atoms with E-state index in [4.69, 9.17) is 5.11 Å². The van der Waals surface area contributed by atoms with Crippen LogP contribution in [0.4, 0.5) is 0 Å². The smallest absolute Gasteiger partial charge is 0.270 e. The number of likely N-dealkylation sites (N-methyl/N-ethyl adjacent to an activating group) is 1. The molecule has 1 amide bonds. The van der Waals surface area contributed by atoms with E-state index in [2.05, 4.69) is 4.98 Å². The average Bonchev–Trinajstić information content (AvgIpc) is 2.25. The molecule has 0 aromatic carbocycles. The first-order chi connectivity index (χ1) is 7.19. The van der Waals surface area contributed by atoms with Crippen molar-refractivity contribution in [2.24, 2.45) is 0 Å². The summed E-state index contributed by atoms with van der Waals surface area (Å²) in [6, 6.07) is 4.42. The lowest BCUT2D eigenvalue weighted by atomic mass is 10.3. The number of hydrogen-bond acceptors (Lipinski definition) is 3. The lowest BCUT2D eigenvalue weighted by Crippen LogP contribution is -2.34. The van der Waals surface area contributed by atoms with Crippen LogP contribution in [0.25, 0.3) is 0 Å². The molecule has 0 spiro atoms. The van der Waals surface area contributed by atoms with E-state index in [1.54, 1.807) is 6.07 Å². The highest BCUT2D eigenvalue weighted by Gasteiger charge is 2.13. The van der Waals surface area contributed by atoms with Crippen molar-refractivity contribution in [2.45, 2.75) is 6.92 Å². The highest BCUT2D eigenvalue weighted by atomic mass is 16.3. The van der Waals surface area contributed by atoms with Gasteiger partial charge in [-0.05, 0) is 13.0 Å². The van der Waals surface area contributed by atoms with Crippen molar-refractivity contribution >= 4 is 5.91 Å². The van der Waals surface area contributed by atoms with Crippen molar-refractivity contribution < 1.29 is 9.90 Å². The molecule has 0 radical (unpaired) electrons. The van der Waals surface area contributed by atoms with Gasteiger partial charge in [0.2, 0.25) is 5.56 Å². The molecule has 1 heterocycles. The molecule has 15 heavy (non-hydrogen) atoms. The third-order valence-electron chi connectivity index (χ3n) is 2.04. The number of H-pyrrole nitrogens is 1. The third-order valence-corrected chi connectivity index (χ3v) is 2.04. The maximum Gasteiger partial charge on any atom is 0.270 e. The molecule has 82 valence electrons. The van der Waals surface area contributed by atoms with Gasteiger partial charge in [-0.2, -0.15) is 0 Å². The van der Waals surface area contributed by atoms with Crippen LogP contribution in [0.15, 0.2) is 23.0 Å². The minimum atomic E-state index is -0.305. The Morgan fingerprint density at radius 2 is 2.27 bits per heavy atom. The molecule has 1 rings (SSSR count). The Bertz CT molecular complexity index is 386.